The molecule has 0 bridgehead atoms. The van der Waals surface area contributed by atoms with Crippen molar-refractivity contribution in [2.45, 2.75) is 31.7 Å². The summed E-state index contributed by atoms with van der Waals surface area (Å²) in [4.78, 5) is 19.2. The number of rotatable bonds is 2. The Kier molecular flexibility index (Phi) is 3.53. The van der Waals surface area contributed by atoms with Crippen molar-refractivity contribution in [3.63, 3.8) is 0 Å². The molecule has 5 rings (SSSR count). The highest BCUT2D eigenvalue weighted by molar-refractivity contribution is 5.56. The average molecular weight is 361 g/mol. The third kappa shape index (κ3) is 2.51. The monoisotopic (exact) mass is 361 g/mol. The van der Waals surface area contributed by atoms with Crippen LogP contribution in [0.2, 0.25) is 0 Å². The fourth-order valence-corrected chi connectivity index (χ4v) is 4.16. The second kappa shape index (κ2) is 5.94. The maximum absolute atomic E-state index is 13.0. The van der Waals surface area contributed by atoms with Crippen LogP contribution in [0.15, 0.2) is 41.5 Å². The largest absolute Gasteiger partial charge is 0.354 e. The highest BCUT2D eigenvalue weighted by Gasteiger charge is 2.47. The number of hydrogen-bond donors (Lipinski definition) is 0. The minimum Gasteiger partial charge on any atom is -0.354 e. The molecular formula is C19H19N7O. The number of fused-ring (bicyclic) bond motifs is 2. The summed E-state index contributed by atoms with van der Waals surface area (Å²) in [6.45, 7) is 4.26. The number of hydrogen-bond acceptors (Lipinski definition) is 7. The molecule has 5 heterocycles. The van der Waals surface area contributed by atoms with Crippen molar-refractivity contribution in [2.24, 2.45) is 0 Å². The highest BCUT2D eigenvalue weighted by Crippen LogP contribution is 2.41. The smallest absolute Gasteiger partial charge is 0.280 e. The normalized spacial score (nSPS) is 21.0. The van der Waals surface area contributed by atoms with E-state index in [1.165, 1.54) is 0 Å². The first-order chi connectivity index (χ1) is 13.2. The number of aryl methyl sites for hydroxylation is 1. The molecule has 0 aromatic carbocycles. The summed E-state index contributed by atoms with van der Waals surface area (Å²) in [6, 6.07) is 7.55. The van der Waals surface area contributed by atoms with E-state index in [-0.39, 0.29) is 11.0 Å². The molecular weight excluding hydrogens is 342 g/mol. The van der Waals surface area contributed by atoms with Crippen LogP contribution in [0.5, 0.6) is 0 Å². The Morgan fingerprint density at radius 2 is 1.78 bits per heavy atom. The summed E-state index contributed by atoms with van der Waals surface area (Å²) in [5, 5.41) is 17.3. The van der Waals surface area contributed by atoms with E-state index < -0.39 is 0 Å². The van der Waals surface area contributed by atoms with Gasteiger partial charge in [0.05, 0.1) is 11.1 Å². The van der Waals surface area contributed by atoms with Crippen molar-refractivity contribution in [3.8, 4) is 11.3 Å². The van der Waals surface area contributed by atoms with E-state index >= 15 is 0 Å². The van der Waals surface area contributed by atoms with E-state index in [0.717, 1.165) is 48.8 Å². The molecule has 0 aliphatic carbocycles. The Morgan fingerprint density at radius 1 is 0.963 bits per heavy atom. The van der Waals surface area contributed by atoms with Gasteiger partial charge in [-0.3, -0.25) is 14.3 Å². The molecule has 2 aliphatic heterocycles. The molecule has 1 atom stereocenters. The Bertz CT molecular complexity index is 1050. The number of aromatic nitrogens is 6. The van der Waals surface area contributed by atoms with Crippen molar-refractivity contribution < 1.29 is 0 Å². The van der Waals surface area contributed by atoms with Gasteiger partial charge in [0.25, 0.3) is 5.56 Å². The predicted molar refractivity (Wildman–Crippen MR) is 99.4 cm³/mol. The summed E-state index contributed by atoms with van der Waals surface area (Å²) in [5.41, 5.74) is 1.82. The summed E-state index contributed by atoms with van der Waals surface area (Å²) in [5.74, 6) is 1.67. The Balaban J connectivity index is 1.50. The molecule has 0 amide bonds. The summed E-state index contributed by atoms with van der Waals surface area (Å²) in [7, 11) is 0. The summed E-state index contributed by atoms with van der Waals surface area (Å²) in [6.07, 6.45) is 5.15. The van der Waals surface area contributed by atoms with Crippen LogP contribution in [0.25, 0.3) is 11.3 Å². The van der Waals surface area contributed by atoms with Crippen LogP contribution in [0.4, 0.5) is 5.82 Å². The first kappa shape index (κ1) is 16.0. The SMILES string of the molecule is Cc1ccc(N2CC[C@@]3(CCn4c3nnc(-c3ccncc3)c4=O)C2)nn1. The van der Waals surface area contributed by atoms with Crippen LogP contribution < -0.4 is 10.5 Å². The lowest BCUT2D eigenvalue weighted by atomic mass is 9.85. The van der Waals surface area contributed by atoms with E-state index in [2.05, 4.69) is 30.3 Å². The number of nitrogens with zero attached hydrogens (tertiary/aromatic N) is 7. The fraction of sp³-hybridized carbons (Fsp3) is 0.368. The molecule has 8 heteroatoms. The number of anilines is 1. The van der Waals surface area contributed by atoms with Gasteiger partial charge >= 0.3 is 0 Å². The van der Waals surface area contributed by atoms with Gasteiger partial charge in [0.1, 0.15) is 5.82 Å². The maximum Gasteiger partial charge on any atom is 0.280 e. The molecule has 1 spiro atoms. The molecule has 2 aliphatic rings. The van der Waals surface area contributed by atoms with Crippen molar-refractivity contribution in [1.29, 1.82) is 0 Å². The molecule has 1 fully saturated rings. The Morgan fingerprint density at radius 3 is 2.56 bits per heavy atom. The van der Waals surface area contributed by atoms with Crippen LogP contribution in [-0.4, -0.2) is 43.0 Å². The van der Waals surface area contributed by atoms with Crippen LogP contribution in [-0.2, 0) is 12.0 Å². The summed E-state index contributed by atoms with van der Waals surface area (Å²) < 4.78 is 1.80. The van der Waals surface area contributed by atoms with Crippen molar-refractivity contribution in [3.05, 3.63) is 58.5 Å². The highest BCUT2D eigenvalue weighted by atomic mass is 16.1. The van der Waals surface area contributed by atoms with E-state index in [0.29, 0.717) is 12.2 Å². The minimum atomic E-state index is -0.143. The van der Waals surface area contributed by atoms with Gasteiger partial charge in [0.2, 0.25) is 0 Å². The molecule has 8 nitrogen and oxygen atoms in total. The second-order valence-electron chi connectivity index (χ2n) is 7.30. The maximum atomic E-state index is 13.0. The molecule has 136 valence electrons. The Hall–Kier alpha value is -3.16. The van der Waals surface area contributed by atoms with Crippen LogP contribution in [0.3, 0.4) is 0 Å². The first-order valence-corrected chi connectivity index (χ1v) is 9.10. The van der Waals surface area contributed by atoms with Gasteiger partial charge < -0.3 is 4.90 Å². The lowest BCUT2D eigenvalue weighted by molar-refractivity contribution is 0.457. The third-order valence-electron chi connectivity index (χ3n) is 5.65. The van der Waals surface area contributed by atoms with Gasteiger partial charge in [-0.05, 0) is 44.0 Å². The van der Waals surface area contributed by atoms with E-state index in [4.69, 9.17) is 0 Å². The van der Waals surface area contributed by atoms with Crippen molar-refractivity contribution in [1.82, 2.24) is 29.9 Å². The van der Waals surface area contributed by atoms with Gasteiger partial charge in [-0.25, -0.2) is 0 Å². The van der Waals surface area contributed by atoms with Crippen molar-refractivity contribution in [2.75, 3.05) is 18.0 Å². The first-order valence-electron chi connectivity index (χ1n) is 9.10. The van der Waals surface area contributed by atoms with Crippen LogP contribution >= 0.6 is 0 Å². The van der Waals surface area contributed by atoms with Gasteiger partial charge in [0.15, 0.2) is 11.5 Å². The topological polar surface area (TPSA) is 89.7 Å². The molecule has 0 unspecified atom stereocenters. The van der Waals surface area contributed by atoms with Gasteiger partial charge in [-0.1, -0.05) is 0 Å². The van der Waals surface area contributed by atoms with Crippen LogP contribution in [0.1, 0.15) is 24.4 Å². The zero-order chi connectivity index (χ0) is 18.4. The van der Waals surface area contributed by atoms with E-state index in [1.54, 1.807) is 29.1 Å². The second-order valence-corrected chi connectivity index (χ2v) is 7.30. The Labute approximate surface area is 155 Å². The molecule has 0 N–H and O–H groups in total. The molecule has 1 saturated heterocycles. The molecule has 0 saturated carbocycles. The zero-order valence-electron chi connectivity index (χ0n) is 15.0. The lowest BCUT2D eigenvalue weighted by Crippen LogP contribution is -2.33. The standard InChI is InChI=1S/C19H19N7O/c1-13-2-3-15(22-21-13)25-10-6-19(12-25)7-11-26-17(27)16(23-24-18(19)26)14-4-8-20-9-5-14/h2-5,8-9H,6-7,10-12H2,1H3/t19-/m1/s1. The van der Waals surface area contributed by atoms with Gasteiger partial charge in [-0.15, -0.1) is 15.3 Å². The van der Waals surface area contributed by atoms with Crippen LogP contribution in [0, 0.1) is 6.92 Å². The van der Waals surface area contributed by atoms with E-state index in [1.807, 2.05) is 19.1 Å². The lowest BCUT2D eigenvalue weighted by Gasteiger charge is -2.23. The predicted octanol–water partition coefficient (Wildman–Crippen LogP) is 1.35. The zero-order valence-corrected chi connectivity index (χ0v) is 15.0. The third-order valence-corrected chi connectivity index (χ3v) is 5.65. The molecule has 3 aromatic heterocycles. The minimum absolute atomic E-state index is 0.0725. The van der Waals surface area contributed by atoms with E-state index in [9.17, 15) is 4.79 Å². The van der Waals surface area contributed by atoms with Gasteiger partial charge in [-0.2, -0.15) is 5.10 Å². The quantitative estimate of drug-likeness (QED) is 0.680. The molecule has 3 aromatic rings. The van der Waals surface area contributed by atoms with Crippen molar-refractivity contribution >= 4 is 5.82 Å². The molecule has 0 radical (unpaired) electrons. The summed E-state index contributed by atoms with van der Waals surface area (Å²) >= 11 is 0. The average Bonchev–Trinajstić information content (AvgIpc) is 3.29. The van der Waals surface area contributed by atoms with Gasteiger partial charge in [0, 0.05) is 37.6 Å². The number of pyridine rings is 1. The fourth-order valence-electron chi connectivity index (χ4n) is 4.16. The molecule has 27 heavy (non-hydrogen) atoms.